The maximum absolute atomic E-state index is 5.53. The number of aromatic nitrogens is 4. The molecule has 6 nitrogen and oxygen atoms in total. The highest BCUT2D eigenvalue weighted by molar-refractivity contribution is 7.98. The lowest BCUT2D eigenvalue weighted by molar-refractivity contribution is 0.122. The summed E-state index contributed by atoms with van der Waals surface area (Å²) in [4.78, 5) is 8.59. The molecule has 1 aliphatic heterocycles. The predicted molar refractivity (Wildman–Crippen MR) is 102 cm³/mol. The highest BCUT2D eigenvalue weighted by Crippen LogP contribution is 2.42. The maximum atomic E-state index is 5.53. The Morgan fingerprint density at radius 1 is 1.08 bits per heavy atom. The van der Waals surface area contributed by atoms with E-state index in [1.54, 1.807) is 23.1 Å². The first-order valence-electron chi connectivity index (χ1n) is 8.71. The van der Waals surface area contributed by atoms with Crippen LogP contribution in [-0.2, 0) is 17.6 Å². The molecule has 0 unspecified atom stereocenters. The molecule has 3 aromatic rings. The van der Waals surface area contributed by atoms with Crippen LogP contribution < -0.4 is 4.90 Å². The minimum atomic E-state index is 0.785. The number of thioether (sulfide) groups is 1. The first-order valence-corrected chi connectivity index (χ1v) is 10.7. The number of rotatable bonds is 2. The Morgan fingerprint density at radius 2 is 1.88 bits per heavy atom. The van der Waals surface area contributed by atoms with Crippen molar-refractivity contribution in [2.24, 2.45) is 0 Å². The van der Waals surface area contributed by atoms with Crippen LogP contribution in [0.2, 0.25) is 0 Å². The molecule has 0 spiro atoms. The molecule has 2 aliphatic rings. The summed E-state index contributed by atoms with van der Waals surface area (Å²) < 4.78 is 6.66. The van der Waals surface area contributed by atoms with Crippen LogP contribution in [-0.4, -0.2) is 53.0 Å². The van der Waals surface area contributed by atoms with Gasteiger partial charge in [-0.1, -0.05) is 0 Å². The molecule has 5 rings (SSSR count). The Labute approximate surface area is 154 Å². The molecule has 0 bridgehead atoms. The third-order valence-corrected chi connectivity index (χ3v) is 6.97. The molecule has 0 aromatic carbocycles. The first-order chi connectivity index (χ1) is 12.4. The fourth-order valence-corrected chi connectivity index (χ4v) is 5.71. The number of anilines is 1. The molecule has 0 atom stereocenters. The summed E-state index contributed by atoms with van der Waals surface area (Å²) in [5.41, 5.74) is 3.85. The predicted octanol–water partition coefficient (Wildman–Crippen LogP) is 3.07. The molecular weight excluding hydrogens is 354 g/mol. The van der Waals surface area contributed by atoms with Crippen LogP contribution in [0.15, 0.2) is 5.03 Å². The van der Waals surface area contributed by atoms with Gasteiger partial charge >= 0.3 is 0 Å². The minimum Gasteiger partial charge on any atom is -0.378 e. The fraction of sp³-hybridized carbons (Fsp3) is 0.529. The number of fused-ring (bicyclic) bond motifs is 5. The monoisotopic (exact) mass is 373 g/mol. The summed E-state index contributed by atoms with van der Waals surface area (Å²) in [6.45, 7) is 3.42. The summed E-state index contributed by atoms with van der Waals surface area (Å²) in [6, 6.07) is 0. The second-order valence-electron chi connectivity index (χ2n) is 6.46. The molecule has 3 aromatic heterocycles. The summed E-state index contributed by atoms with van der Waals surface area (Å²) in [6.07, 6.45) is 6.73. The van der Waals surface area contributed by atoms with Crippen LogP contribution in [0.4, 0.5) is 5.82 Å². The number of morpholine rings is 1. The van der Waals surface area contributed by atoms with Crippen molar-refractivity contribution < 1.29 is 4.74 Å². The second-order valence-corrected chi connectivity index (χ2v) is 8.25. The molecule has 1 aliphatic carbocycles. The van der Waals surface area contributed by atoms with Crippen LogP contribution in [0.1, 0.15) is 24.0 Å². The van der Waals surface area contributed by atoms with Gasteiger partial charge in [0, 0.05) is 18.5 Å². The lowest BCUT2D eigenvalue weighted by Gasteiger charge is -2.31. The molecular formula is C17H19N5OS2. The molecule has 0 amide bonds. The van der Waals surface area contributed by atoms with E-state index in [1.165, 1.54) is 35.2 Å². The summed E-state index contributed by atoms with van der Waals surface area (Å²) in [7, 11) is 0. The SMILES string of the molecule is CSc1nnnc2c1sc1nc(N3CCOCC3)c3c(c12)CCCC3. The maximum Gasteiger partial charge on any atom is 0.140 e. The van der Waals surface area contributed by atoms with E-state index >= 15 is 0 Å². The summed E-state index contributed by atoms with van der Waals surface area (Å²) >= 11 is 3.33. The van der Waals surface area contributed by atoms with Crippen molar-refractivity contribution in [2.75, 3.05) is 37.5 Å². The highest BCUT2D eigenvalue weighted by Gasteiger charge is 2.26. The van der Waals surface area contributed by atoms with E-state index in [4.69, 9.17) is 9.72 Å². The normalized spacial score (nSPS) is 18.0. The van der Waals surface area contributed by atoms with Gasteiger partial charge in [0.2, 0.25) is 0 Å². The number of pyridine rings is 1. The molecule has 130 valence electrons. The average molecular weight is 374 g/mol. The highest BCUT2D eigenvalue weighted by atomic mass is 32.2. The van der Waals surface area contributed by atoms with Crippen molar-refractivity contribution >= 4 is 49.3 Å². The average Bonchev–Trinajstić information content (AvgIpc) is 3.07. The van der Waals surface area contributed by atoms with Crippen LogP contribution in [0.3, 0.4) is 0 Å². The zero-order chi connectivity index (χ0) is 16.8. The smallest absolute Gasteiger partial charge is 0.140 e. The molecule has 25 heavy (non-hydrogen) atoms. The quantitative estimate of drug-likeness (QED) is 0.640. The standard InChI is InChI=1S/C17H19N5OS2/c1-24-17-14-13(19-21-20-17)12-10-4-2-3-5-11(10)15(18-16(12)25-14)22-6-8-23-9-7-22/h2-9H2,1H3. The van der Waals surface area contributed by atoms with E-state index in [-0.39, 0.29) is 0 Å². The van der Waals surface area contributed by atoms with Crippen molar-refractivity contribution in [3.63, 3.8) is 0 Å². The van der Waals surface area contributed by atoms with Crippen molar-refractivity contribution in [3.05, 3.63) is 11.1 Å². The van der Waals surface area contributed by atoms with Crippen molar-refractivity contribution in [1.82, 2.24) is 20.4 Å². The van der Waals surface area contributed by atoms with Gasteiger partial charge < -0.3 is 9.64 Å². The number of aryl methyl sites for hydroxylation is 1. The number of nitrogens with zero attached hydrogens (tertiary/aromatic N) is 5. The van der Waals surface area contributed by atoms with Crippen LogP contribution >= 0.6 is 23.1 Å². The van der Waals surface area contributed by atoms with Crippen LogP contribution in [0.25, 0.3) is 20.4 Å². The van der Waals surface area contributed by atoms with Gasteiger partial charge in [-0.2, -0.15) is 0 Å². The van der Waals surface area contributed by atoms with Gasteiger partial charge in [-0.3, -0.25) is 0 Å². The largest absolute Gasteiger partial charge is 0.378 e. The van der Waals surface area contributed by atoms with Crippen molar-refractivity contribution in [2.45, 2.75) is 30.7 Å². The van der Waals surface area contributed by atoms with Crippen molar-refractivity contribution in [3.8, 4) is 0 Å². The second kappa shape index (κ2) is 6.34. The number of ether oxygens (including phenoxy) is 1. The molecule has 0 radical (unpaired) electrons. The third-order valence-electron chi connectivity index (χ3n) is 5.09. The Bertz CT molecular complexity index is 951. The van der Waals surface area contributed by atoms with Gasteiger partial charge in [0.25, 0.3) is 0 Å². The van der Waals surface area contributed by atoms with Crippen LogP contribution in [0, 0.1) is 0 Å². The van der Waals surface area contributed by atoms with Crippen LogP contribution in [0.5, 0.6) is 0 Å². The Kier molecular flexibility index (Phi) is 3.98. The summed E-state index contributed by atoms with van der Waals surface area (Å²) in [5, 5.41) is 14.8. The van der Waals surface area contributed by atoms with E-state index in [0.29, 0.717) is 0 Å². The van der Waals surface area contributed by atoms with Gasteiger partial charge in [-0.05, 0) is 48.3 Å². The topological polar surface area (TPSA) is 64.0 Å². The first kappa shape index (κ1) is 15.7. The van der Waals surface area contributed by atoms with E-state index < -0.39 is 0 Å². The lowest BCUT2D eigenvalue weighted by atomic mass is 9.90. The Balaban J connectivity index is 1.80. The van der Waals surface area contributed by atoms with Gasteiger partial charge in [0.05, 0.1) is 17.9 Å². The van der Waals surface area contributed by atoms with E-state index in [9.17, 15) is 0 Å². The number of hydrogen-bond acceptors (Lipinski definition) is 8. The molecule has 1 fully saturated rings. The molecule has 4 heterocycles. The minimum absolute atomic E-state index is 0.785. The van der Waals surface area contributed by atoms with E-state index in [0.717, 1.165) is 59.2 Å². The molecule has 0 N–H and O–H groups in total. The number of thiophene rings is 1. The van der Waals surface area contributed by atoms with E-state index in [2.05, 4.69) is 20.3 Å². The molecule has 1 saturated heterocycles. The van der Waals surface area contributed by atoms with Gasteiger partial charge in [0.1, 0.15) is 21.2 Å². The zero-order valence-electron chi connectivity index (χ0n) is 14.1. The molecule has 8 heteroatoms. The lowest BCUT2D eigenvalue weighted by Crippen LogP contribution is -2.37. The third kappa shape index (κ3) is 2.50. The van der Waals surface area contributed by atoms with Gasteiger partial charge in [0.15, 0.2) is 0 Å². The number of hydrogen-bond donors (Lipinski definition) is 0. The fourth-order valence-electron chi connectivity index (χ4n) is 3.92. The zero-order valence-corrected chi connectivity index (χ0v) is 15.8. The van der Waals surface area contributed by atoms with Crippen molar-refractivity contribution in [1.29, 1.82) is 0 Å². The van der Waals surface area contributed by atoms with E-state index in [1.807, 2.05) is 6.26 Å². The summed E-state index contributed by atoms with van der Waals surface area (Å²) in [5.74, 6) is 1.17. The Morgan fingerprint density at radius 3 is 2.68 bits per heavy atom. The van der Waals surface area contributed by atoms with Gasteiger partial charge in [-0.15, -0.1) is 33.3 Å². The molecule has 0 saturated carbocycles. The Hall–Kier alpha value is -1.51. The van der Waals surface area contributed by atoms with Gasteiger partial charge in [-0.25, -0.2) is 4.98 Å².